The molecule has 0 bridgehead atoms. The molecule has 0 aliphatic heterocycles. The van der Waals surface area contributed by atoms with E-state index in [9.17, 15) is 22.8 Å². The van der Waals surface area contributed by atoms with Gasteiger partial charge in [-0.2, -0.15) is 13.2 Å². The predicted octanol–water partition coefficient (Wildman–Crippen LogP) is 1.79. The monoisotopic (exact) mass is 369 g/mol. The highest BCUT2D eigenvalue weighted by atomic mass is 35.5. The lowest BCUT2D eigenvalue weighted by atomic mass is 10.3. The molecule has 0 saturated carbocycles. The van der Waals surface area contributed by atoms with Gasteiger partial charge in [0.05, 0.1) is 12.1 Å². The van der Waals surface area contributed by atoms with E-state index in [1.807, 2.05) is 0 Å². The van der Waals surface area contributed by atoms with E-state index in [-0.39, 0.29) is 29.1 Å². The number of nitrogens with zero attached hydrogens (tertiary/aromatic N) is 1. The van der Waals surface area contributed by atoms with Gasteiger partial charge in [-0.1, -0.05) is 23.2 Å². The first-order valence-corrected chi connectivity index (χ1v) is 6.96. The summed E-state index contributed by atoms with van der Waals surface area (Å²) in [7, 11) is 0. The van der Waals surface area contributed by atoms with Gasteiger partial charge in [0.2, 0.25) is 0 Å². The second-order valence-corrected chi connectivity index (χ2v) is 5.26. The Hall–Kier alpha value is -2.00. The highest BCUT2D eigenvalue weighted by Gasteiger charge is 2.32. The van der Waals surface area contributed by atoms with Crippen LogP contribution in [0.15, 0.2) is 27.9 Å². The molecule has 0 radical (unpaired) electrons. The summed E-state index contributed by atoms with van der Waals surface area (Å²) >= 11 is 11.3. The van der Waals surface area contributed by atoms with Gasteiger partial charge < -0.3 is 0 Å². The van der Waals surface area contributed by atoms with Gasteiger partial charge >= 0.3 is 11.9 Å². The maximum absolute atomic E-state index is 12.5. The van der Waals surface area contributed by atoms with Gasteiger partial charge in [0, 0.05) is 6.07 Å². The summed E-state index contributed by atoms with van der Waals surface area (Å²) in [5.41, 5.74) is -2.20. The van der Waals surface area contributed by atoms with Gasteiger partial charge in [0.15, 0.2) is 0 Å². The topological polar surface area (TPSA) is 81.0 Å². The molecule has 2 aromatic rings. The summed E-state index contributed by atoms with van der Waals surface area (Å²) in [6, 6.07) is 1.81. The highest BCUT2D eigenvalue weighted by Crippen LogP contribution is 2.30. The molecule has 124 valence electrons. The van der Waals surface area contributed by atoms with Crippen LogP contribution in [0.5, 0.6) is 0 Å². The third-order valence-corrected chi connectivity index (χ3v) is 3.35. The number of aromatic nitrogens is 3. The van der Waals surface area contributed by atoms with Crippen molar-refractivity contribution in [3.05, 3.63) is 54.9 Å². The van der Waals surface area contributed by atoms with Gasteiger partial charge in [-0.05, 0) is 6.07 Å². The van der Waals surface area contributed by atoms with Gasteiger partial charge in [-0.15, -0.1) is 0 Å². The largest absolute Gasteiger partial charge is 0.419 e. The SMILES string of the molecule is O=c1cc(Cl)[nH]c(=O)n1CCNc1[nH+]cc(C(F)(F)F)cc1Cl. The third-order valence-electron chi connectivity index (χ3n) is 2.85. The quantitative estimate of drug-likeness (QED) is 0.806. The number of nitrogens with one attached hydrogen (secondary N) is 3. The maximum Gasteiger partial charge on any atom is 0.419 e. The van der Waals surface area contributed by atoms with Crippen molar-refractivity contribution in [2.45, 2.75) is 12.7 Å². The minimum atomic E-state index is -4.51. The second kappa shape index (κ2) is 6.63. The zero-order chi connectivity index (χ0) is 17.2. The van der Waals surface area contributed by atoms with Crippen LogP contribution in [-0.4, -0.2) is 16.1 Å². The van der Waals surface area contributed by atoms with E-state index < -0.39 is 23.0 Å². The van der Waals surface area contributed by atoms with Crippen molar-refractivity contribution in [1.82, 2.24) is 9.55 Å². The van der Waals surface area contributed by atoms with Crippen LogP contribution in [0.3, 0.4) is 0 Å². The molecule has 0 unspecified atom stereocenters. The summed E-state index contributed by atoms with van der Waals surface area (Å²) in [4.78, 5) is 27.8. The lowest BCUT2D eigenvalue weighted by Gasteiger charge is -2.07. The molecule has 0 aromatic carbocycles. The Balaban J connectivity index is 2.08. The number of pyridine rings is 1. The fraction of sp³-hybridized carbons (Fsp3) is 0.250. The summed E-state index contributed by atoms with van der Waals surface area (Å²) in [6.45, 7) is 0.0444. The number of hydrogen-bond acceptors (Lipinski definition) is 3. The van der Waals surface area contributed by atoms with Crippen LogP contribution in [0.25, 0.3) is 0 Å². The first-order valence-electron chi connectivity index (χ1n) is 6.20. The zero-order valence-corrected chi connectivity index (χ0v) is 12.8. The van der Waals surface area contributed by atoms with Crippen LogP contribution in [0.4, 0.5) is 19.0 Å². The van der Waals surface area contributed by atoms with E-state index in [1.165, 1.54) is 0 Å². The third kappa shape index (κ3) is 4.26. The first kappa shape index (κ1) is 17.4. The molecule has 0 spiro atoms. The molecule has 2 aromatic heterocycles. The van der Waals surface area contributed by atoms with E-state index in [4.69, 9.17) is 23.2 Å². The minimum absolute atomic E-state index is 0.0312. The van der Waals surface area contributed by atoms with Crippen LogP contribution in [0, 0.1) is 0 Å². The van der Waals surface area contributed by atoms with Crippen molar-refractivity contribution >= 4 is 29.0 Å². The summed E-state index contributed by atoms with van der Waals surface area (Å²) in [5, 5.41) is 2.46. The van der Waals surface area contributed by atoms with Crippen molar-refractivity contribution in [3.63, 3.8) is 0 Å². The van der Waals surface area contributed by atoms with Crippen LogP contribution in [0.1, 0.15) is 5.56 Å². The first-order chi connectivity index (χ1) is 10.7. The molecule has 0 aliphatic carbocycles. The Labute approximate surface area is 136 Å². The van der Waals surface area contributed by atoms with Crippen molar-refractivity contribution < 1.29 is 18.2 Å². The Bertz CT molecular complexity index is 801. The lowest BCUT2D eigenvalue weighted by molar-refractivity contribution is -0.364. The highest BCUT2D eigenvalue weighted by molar-refractivity contribution is 6.32. The van der Waals surface area contributed by atoms with Gasteiger partial charge in [0.1, 0.15) is 22.9 Å². The van der Waals surface area contributed by atoms with E-state index in [0.717, 1.165) is 22.9 Å². The lowest BCUT2D eigenvalue weighted by Crippen LogP contribution is -2.36. The Morgan fingerprint density at radius 2 is 1.96 bits per heavy atom. The average molecular weight is 370 g/mol. The Kier molecular flexibility index (Phi) is 5.00. The van der Waals surface area contributed by atoms with Crippen LogP contribution < -0.4 is 21.5 Å². The minimum Gasteiger partial charge on any atom is -0.298 e. The average Bonchev–Trinajstić information content (AvgIpc) is 2.42. The number of halogens is 5. The van der Waals surface area contributed by atoms with Gasteiger partial charge in [0.25, 0.3) is 11.4 Å². The second-order valence-electron chi connectivity index (χ2n) is 4.45. The smallest absolute Gasteiger partial charge is 0.298 e. The molecule has 0 fully saturated rings. The number of alkyl halides is 3. The molecule has 0 amide bonds. The Morgan fingerprint density at radius 3 is 2.52 bits per heavy atom. The van der Waals surface area contributed by atoms with Crippen molar-refractivity contribution in [1.29, 1.82) is 0 Å². The molecule has 2 rings (SSSR count). The molecule has 3 N–H and O–H groups in total. The molecule has 0 aliphatic rings. The van der Waals surface area contributed by atoms with E-state index in [1.54, 1.807) is 0 Å². The van der Waals surface area contributed by atoms with Crippen molar-refractivity contribution in [2.75, 3.05) is 11.9 Å². The molecule has 23 heavy (non-hydrogen) atoms. The molecule has 2 heterocycles. The van der Waals surface area contributed by atoms with E-state index in [2.05, 4.69) is 15.3 Å². The molecule has 6 nitrogen and oxygen atoms in total. The number of rotatable bonds is 4. The standard InChI is InChI=1S/C12H9Cl2F3N4O2/c13-7-3-6(12(15,16)17)5-19-10(7)18-1-2-21-9(22)4-8(14)20-11(21)23/h3-5H,1-2H2,(H,18,19)(H,20,23)/p+1. The summed E-state index contributed by atoms with van der Waals surface area (Å²) in [6.07, 6.45) is -3.75. The normalized spacial score (nSPS) is 11.5. The number of H-pyrrole nitrogens is 2. The molecule has 11 heteroatoms. The van der Waals surface area contributed by atoms with Gasteiger partial charge in [-0.25, -0.2) is 9.78 Å². The summed E-state index contributed by atoms with van der Waals surface area (Å²) in [5.74, 6) is 0.137. The fourth-order valence-corrected chi connectivity index (χ4v) is 2.18. The van der Waals surface area contributed by atoms with E-state index >= 15 is 0 Å². The maximum atomic E-state index is 12.5. The van der Waals surface area contributed by atoms with Crippen LogP contribution in [-0.2, 0) is 12.7 Å². The molecule has 0 saturated heterocycles. The number of anilines is 1. The number of aromatic amines is 2. The van der Waals surface area contributed by atoms with Crippen LogP contribution in [0.2, 0.25) is 10.2 Å². The summed E-state index contributed by atoms with van der Waals surface area (Å²) < 4.78 is 38.4. The van der Waals surface area contributed by atoms with Crippen molar-refractivity contribution in [2.24, 2.45) is 0 Å². The molecule has 0 atom stereocenters. The Morgan fingerprint density at radius 1 is 1.26 bits per heavy atom. The fourth-order valence-electron chi connectivity index (χ4n) is 1.76. The van der Waals surface area contributed by atoms with Gasteiger partial charge in [-0.3, -0.25) is 19.7 Å². The number of hydrogen-bond donors (Lipinski definition) is 2. The molecular formula is C12H10Cl2F3N4O2+. The zero-order valence-electron chi connectivity index (χ0n) is 11.3. The van der Waals surface area contributed by atoms with E-state index in [0.29, 0.717) is 0 Å². The van der Waals surface area contributed by atoms with Crippen LogP contribution >= 0.6 is 23.2 Å². The van der Waals surface area contributed by atoms with Crippen molar-refractivity contribution in [3.8, 4) is 0 Å². The predicted molar refractivity (Wildman–Crippen MR) is 77.8 cm³/mol. The molecular weight excluding hydrogens is 360 g/mol.